The van der Waals surface area contributed by atoms with Gasteiger partial charge in [-0.15, -0.1) is 0 Å². The van der Waals surface area contributed by atoms with Crippen molar-refractivity contribution in [3.63, 3.8) is 0 Å². The van der Waals surface area contributed by atoms with Gasteiger partial charge in [-0.1, -0.05) is 29.8 Å². The summed E-state index contributed by atoms with van der Waals surface area (Å²) in [4.78, 5) is 16.4. The molecule has 5 heteroatoms. The van der Waals surface area contributed by atoms with Crippen LogP contribution in [0.2, 0.25) is 0 Å². The van der Waals surface area contributed by atoms with Crippen LogP contribution in [0.3, 0.4) is 0 Å². The number of carbonyl (C=O) groups excluding carboxylic acids is 1. The Morgan fingerprint density at radius 1 is 1.26 bits per heavy atom. The predicted molar refractivity (Wildman–Crippen MR) is 89.3 cm³/mol. The molecule has 0 aliphatic heterocycles. The summed E-state index contributed by atoms with van der Waals surface area (Å²) < 4.78 is 10.5. The highest BCUT2D eigenvalue weighted by Gasteiger charge is 2.22. The van der Waals surface area contributed by atoms with Gasteiger partial charge in [0.1, 0.15) is 0 Å². The van der Waals surface area contributed by atoms with Crippen molar-refractivity contribution in [2.45, 2.75) is 20.8 Å². The van der Waals surface area contributed by atoms with Crippen LogP contribution in [0.25, 0.3) is 22.4 Å². The number of rotatable bonds is 3. The second kappa shape index (κ2) is 5.76. The van der Waals surface area contributed by atoms with Crippen LogP contribution in [0.4, 0.5) is 5.69 Å². The number of nitrogen functional groups attached to an aromatic ring is 1. The number of nitrogens with zero attached hydrogens (tertiary/aromatic N) is 1. The van der Waals surface area contributed by atoms with Gasteiger partial charge in [-0.05, 0) is 32.4 Å². The Morgan fingerprint density at radius 2 is 1.96 bits per heavy atom. The fourth-order valence-corrected chi connectivity index (χ4v) is 2.53. The van der Waals surface area contributed by atoms with Crippen molar-refractivity contribution >= 4 is 22.8 Å². The molecule has 5 nitrogen and oxygen atoms in total. The number of pyridine rings is 1. The third-order valence-corrected chi connectivity index (χ3v) is 3.70. The standard InChI is InChI=1S/C18H18N2O3/c1-4-22-18(21)16-15(19)14-11(3)9-13(20-17(14)23-16)12-7-5-10(2)6-8-12/h5-9H,4,19H2,1-3H3. The molecule has 0 unspecified atom stereocenters. The number of esters is 1. The molecule has 0 aliphatic rings. The van der Waals surface area contributed by atoms with E-state index in [0.29, 0.717) is 11.1 Å². The van der Waals surface area contributed by atoms with E-state index in [4.69, 9.17) is 14.9 Å². The molecule has 2 heterocycles. The molecule has 2 N–H and O–H groups in total. The van der Waals surface area contributed by atoms with Gasteiger partial charge in [-0.3, -0.25) is 0 Å². The van der Waals surface area contributed by atoms with Gasteiger partial charge in [-0.2, -0.15) is 0 Å². The van der Waals surface area contributed by atoms with Crippen molar-refractivity contribution in [2.24, 2.45) is 0 Å². The predicted octanol–water partition coefficient (Wildman–Crippen LogP) is 3.87. The number of aromatic nitrogens is 1. The maximum absolute atomic E-state index is 11.9. The molecule has 0 radical (unpaired) electrons. The first-order chi connectivity index (χ1) is 11.0. The Kier molecular flexibility index (Phi) is 3.78. The topological polar surface area (TPSA) is 78.3 Å². The van der Waals surface area contributed by atoms with E-state index in [-0.39, 0.29) is 18.1 Å². The van der Waals surface area contributed by atoms with Crippen LogP contribution >= 0.6 is 0 Å². The Morgan fingerprint density at radius 3 is 2.61 bits per heavy atom. The summed E-state index contributed by atoms with van der Waals surface area (Å²) in [6, 6.07) is 9.99. The van der Waals surface area contributed by atoms with Crippen molar-refractivity contribution < 1.29 is 13.9 Å². The monoisotopic (exact) mass is 310 g/mol. The fourth-order valence-electron chi connectivity index (χ4n) is 2.53. The summed E-state index contributed by atoms with van der Waals surface area (Å²) >= 11 is 0. The SMILES string of the molecule is CCOC(=O)c1oc2nc(-c3ccc(C)cc3)cc(C)c2c1N. The molecule has 0 bridgehead atoms. The minimum atomic E-state index is -0.570. The molecule has 23 heavy (non-hydrogen) atoms. The van der Waals surface area contributed by atoms with Crippen LogP contribution in [0, 0.1) is 13.8 Å². The van der Waals surface area contributed by atoms with Crippen molar-refractivity contribution in [2.75, 3.05) is 12.3 Å². The second-order valence-corrected chi connectivity index (χ2v) is 5.44. The summed E-state index contributed by atoms with van der Waals surface area (Å²) in [5.74, 6) is -0.558. The molecule has 2 aromatic heterocycles. The summed E-state index contributed by atoms with van der Waals surface area (Å²) in [6.07, 6.45) is 0. The highest BCUT2D eigenvalue weighted by Crippen LogP contribution is 2.33. The average molecular weight is 310 g/mol. The van der Waals surface area contributed by atoms with E-state index in [0.717, 1.165) is 16.8 Å². The minimum Gasteiger partial charge on any atom is -0.460 e. The zero-order valence-electron chi connectivity index (χ0n) is 13.3. The van der Waals surface area contributed by atoms with E-state index in [1.165, 1.54) is 5.56 Å². The van der Waals surface area contributed by atoms with E-state index >= 15 is 0 Å². The Hall–Kier alpha value is -2.82. The van der Waals surface area contributed by atoms with Crippen LogP contribution in [0.15, 0.2) is 34.7 Å². The van der Waals surface area contributed by atoms with Crippen molar-refractivity contribution in [1.82, 2.24) is 4.98 Å². The van der Waals surface area contributed by atoms with E-state index in [9.17, 15) is 4.79 Å². The van der Waals surface area contributed by atoms with Crippen LogP contribution in [0.5, 0.6) is 0 Å². The Labute approximate surface area is 134 Å². The Balaban J connectivity index is 2.15. The number of hydrogen-bond donors (Lipinski definition) is 1. The number of nitrogens with two attached hydrogens (primary N) is 1. The second-order valence-electron chi connectivity index (χ2n) is 5.44. The van der Waals surface area contributed by atoms with Gasteiger partial charge in [0.25, 0.3) is 0 Å². The third-order valence-electron chi connectivity index (χ3n) is 3.70. The first-order valence-corrected chi connectivity index (χ1v) is 7.45. The zero-order valence-corrected chi connectivity index (χ0v) is 13.3. The summed E-state index contributed by atoms with van der Waals surface area (Å²) in [5, 5.41) is 0.656. The molecule has 0 spiro atoms. The number of fused-ring (bicyclic) bond motifs is 1. The number of anilines is 1. The van der Waals surface area contributed by atoms with Gasteiger partial charge < -0.3 is 14.9 Å². The summed E-state index contributed by atoms with van der Waals surface area (Å²) in [7, 11) is 0. The molecule has 0 saturated carbocycles. The quantitative estimate of drug-likeness (QED) is 0.743. The molecule has 0 aliphatic carbocycles. The highest BCUT2D eigenvalue weighted by atomic mass is 16.5. The summed E-state index contributed by atoms with van der Waals surface area (Å²) in [5.41, 5.74) is 10.5. The number of ether oxygens (including phenoxy) is 1. The van der Waals surface area contributed by atoms with Crippen LogP contribution in [0.1, 0.15) is 28.6 Å². The maximum atomic E-state index is 11.9. The number of aryl methyl sites for hydroxylation is 2. The van der Waals surface area contributed by atoms with Crippen LogP contribution in [-0.2, 0) is 4.74 Å². The molecule has 118 valence electrons. The molecule has 3 rings (SSSR count). The Bertz CT molecular complexity index is 879. The van der Waals surface area contributed by atoms with E-state index < -0.39 is 5.97 Å². The van der Waals surface area contributed by atoms with Gasteiger partial charge in [0.2, 0.25) is 11.5 Å². The van der Waals surface area contributed by atoms with E-state index in [1.807, 2.05) is 44.2 Å². The van der Waals surface area contributed by atoms with Crippen molar-refractivity contribution in [3.8, 4) is 11.3 Å². The van der Waals surface area contributed by atoms with Crippen LogP contribution < -0.4 is 5.73 Å². The molecule has 1 aromatic carbocycles. The largest absolute Gasteiger partial charge is 0.460 e. The fraction of sp³-hybridized carbons (Fsp3) is 0.222. The molecule has 0 amide bonds. The van der Waals surface area contributed by atoms with E-state index in [2.05, 4.69) is 4.98 Å². The molecule has 0 saturated heterocycles. The zero-order chi connectivity index (χ0) is 16.6. The van der Waals surface area contributed by atoms with Gasteiger partial charge in [-0.25, -0.2) is 9.78 Å². The molecular formula is C18H18N2O3. The van der Waals surface area contributed by atoms with Gasteiger partial charge in [0.05, 0.1) is 23.4 Å². The number of benzene rings is 1. The third kappa shape index (κ3) is 2.65. The minimum absolute atomic E-state index is 0.0125. The summed E-state index contributed by atoms with van der Waals surface area (Å²) in [6.45, 7) is 5.94. The van der Waals surface area contributed by atoms with Crippen molar-refractivity contribution in [3.05, 3.63) is 47.2 Å². The van der Waals surface area contributed by atoms with Gasteiger partial charge in [0.15, 0.2) is 0 Å². The first kappa shape index (κ1) is 15.1. The van der Waals surface area contributed by atoms with E-state index in [1.54, 1.807) is 6.92 Å². The van der Waals surface area contributed by atoms with Crippen molar-refractivity contribution in [1.29, 1.82) is 0 Å². The molecule has 3 aromatic rings. The normalized spacial score (nSPS) is 10.9. The lowest BCUT2D eigenvalue weighted by Gasteiger charge is -2.04. The highest BCUT2D eigenvalue weighted by molar-refractivity contribution is 6.04. The molecule has 0 fully saturated rings. The first-order valence-electron chi connectivity index (χ1n) is 7.45. The number of furan rings is 1. The van der Waals surface area contributed by atoms with Gasteiger partial charge >= 0.3 is 5.97 Å². The lowest BCUT2D eigenvalue weighted by Crippen LogP contribution is -2.05. The number of carbonyl (C=O) groups is 1. The van der Waals surface area contributed by atoms with Gasteiger partial charge in [0, 0.05) is 5.56 Å². The maximum Gasteiger partial charge on any atom is 0.376 e. The molecule has 0 atom stereocenters. The molecular weight excluding hydrogens is 292 g/mol. The lowest BCUT2D eigenvalue weighted by atomic mass is 10.1. The average Bonchev–Trinajstić information content (AvgIpc) is 2.86. The number of hydrogen-bond acceptors (Lipinski definition) is 5. The van der Waals surface area contributed by atoms with Crippen LogP contribution in [-0.4, -0.2) is 17.6 Å². The lowest BCUT2D eigenvalue weighted by molar-refractivity contribution is 0.0494. The smallest absolute Gasteiger partial charge is 0.376 e.